The highest BCUT2D eigenvalue weighted by molar-refractivity contribution is 5.50. The van der Waals surface area contributed by atoms with Crippen LogP contribution < -0.4 is 4.90 Å². The van der Waals surface area contributed by atoms with Crippen LogP contribution in [0, 0.1) is 0 Å². The van der Waals surface area contributed by atoms with E-state index >= 15 is 0 Å². The van der Waals surface area contributed by atoms with Crippen molar-refractivity contribution in [1.82, 2.24) is 24.8 Å². The molecule has 0 aromatic carbocycles. The lowest BCUT2D eigenvalue weighted by atomic mass is 10.0. The molecule has 4 rings (SSSR count). The highest BCUT2D eigenvalue weighted by atomic mass is 15.2. The molecule has 0 N–H and O–H groups in total. The van der Waals surface area contributed by atoms with E-state index in [0.29, 0.717) is 0 Å². The van der Waals surface area contributed by atoms with Gasteiger partial charge in [0, 0.05) is 50.4 Å². The van der Waals surface area contributed by atoms with Gasteiger partial charge in [-0.3, -0.25) is 9.97 Å². The zero-order valence-electron chi connectivity index (χ0n) is 12.2. The summed E-state index contributed by atoms with van der Waals surface area (Å²) in [4.78, 5) is 22.5. The predicted molar refractivity (Wildman–Crippen MR) is 78.9 cm³/mol. The van der Waals surface area contributed by atoms with Gasteiger partial charge in [-0.25, -0.2) is 9.97 Å². The van der Waals surface area contributed by atoms with Crippen LogP contribution in [0.4, 0.5) is 5.82 Å². The van der Waals surface area contributed by atoms with Crippen LogP contribution in [-0.2, 0) is 25.9 Å². The highest BCUT2D eigenvalue weighted by Gasteiger charge is 2.25. The number of likely N-dealkylation sites (N-methyl/N-ethyl adjacent to an activating group) is 1. The largest absolute Gasteiger partial charge is 0.350 e. The molecule has 0 saturated carbocycles. The van der Waals surface area contributed by atoms with Crippen LogP contribution in [0.2, 0.25) is 0 Å². The lowest BCUT2D eigenvalue weighted by Crippen LogP contribution is -2.35. The second kappa shape index (κ2) is 5.04. The quantitative estimate of drug-likeness (QED) is 0.772. The Labute approximate surface area is 123 Å². The topological polar surface area (TPSA) is 58.0 Å². The number of anilines is 1. The molecule has 6 nitrogen and oxygen atoms in total. The molecular weight excluding hydrogens is 264 g/mol. The van der Waals surface area contributed by atoms with Gasteiger partial charge < -0.3 is 9.80 Å². The molecule has 0 radical (unpaired) electrons. The van der Waals surface area contributed by atoms with E-state index in [-0.39, 0.29) is 0 Å². The summed E-state index contributed by atoms with van der Waals surface area (Å²) >= 11 is 0. The summed E-state index contributed by atoms with van der Waals surface area (Å²) in [5.41, 5.74) is 4.66. The van der Waals surface area contributed by atoms with Crippen LogP contribution in [0.15, 0.2) is 18.7 Å². The van der Waals surface area contributed by atoms with Crippen LogP contribution in [0.1, 0.15) is 22.6 Å². The Morgan fingerprint density at radius 3 is 2.57 bits per heavy atom. The Bertz CT molecular complexity index is 671. The van der Waals surface area contributed by atoms with Crippen LogP contribution in [0.25, 0.3) is 0 Å². The first-order chi connectivity index (χ1) is 10.3. The fraction of sp³-hybridized carbons (Fsp3) is 0.467. The Morgan fingerprint density at radius 2 is 1.67 bits per heavy atom. The van der Waals surface area contributed by atoms with E-state index in [1.54, 1.807) is 18.7 Å². The maximum atomic E-state index is 4.56. The number of fused-ring (bicyclic) bond motifs is 2. The van der Waals surface area contributed by atoms with Crippen LogP contribution >= 0.6 is 0 Å². The molecule has 4 heterocycles. The molecule has 0 atom stereocenters. The van der Waals surface area contributed by atoms with Gasteiger partial charge in [-0.05, 0) is 7.05 Å². The van der Waals surface area contributed by atoms with Gasteiger partial charge in [0.1, 0.15) is 12.1 Å². The van der Waals surface area contributed by atoms with E-state index in [4.69, 9.17) is 0 Å². The van der Waals surface area contributed by atoms with E-state index in [2.05, 4.69) is 36.8 Å². The summed E-state index contributed by atoms with van der Waals surface area (Å²) in [6.07, 6.45) is 7.18. The summed E-state index contributed by atoms with van der Waals surface area (Å²) in [6.45, 7) is 3.72. The zero-order valence-corrected chi connectivity index (χ0v) is 12.2. The van der Waals surface area contributed by atoms with Crippen LogP contribution in [0.5, 0.6) is 0 Å². The maximum absolute atomic E-state index is 4.56. The van der Waals surface area contributed by atoms with E-state index in [1.165, 1.54) is 11.3 Å². The third-order valence-electron chi connectivity index (χ3n) is 4.29. The lowest BCUT2D eigenvalue weighted by Gasteiger charge is -2.33. The molecule has 0 saturated heterocycles. The van der Waals surface area contributed by atoms with E-state index in [1.807, 2.05) is 0 Å². The van der Waals surface area contributed by atoms with Crippen molar-refractivity contribution in [2.75, 3.05) is 25.0 Å². The monoisotopic (exact) mass is 282 g/mol. The fourth-order valence-corrected chi connectivity index (χ4v) is 3.15. The standard InChI is InChI=1S/C15H18N6/c1-20-6-2-12-11(8-20)15(19-10-18-12)21-7-3-13-14(9-21)17-5-4-16-13/h4-5,10H,2-3,6-9H2,1H3. The molecule has 0 spiro atoms. The molecule has 21 heavy (non-hydrogen) atoms. The van der Waals surface area contributed by atoms with Crippen molar-refractivity contribution in [2.45, 2.75) is 25.9 Å². The smallest absolute Gasteiger partial charge is 0.137 e. The first-order valence-corrected chi connectivity index (χ1v) is 7.36. The van der Waals surface area contributed by atoms with Crippen molar-refractivity contribution in [1.29, 1.82) is 0 Å². The Kier molecular flexibility index (Phi) is 3.03. The van der Waals surface area contributed by atoms with Crippen LogP contribution in [0.3, 0.4) is 0 Å². The number of nitrogens with zero attached hydrogens (tertiary/aromatic N) is 6. The van der Waals surface area contributed by atoms with E-state index in [0.717, 1.165) is 56.2 Å². The van der Waals surface area contributed by atoms with Crippen molar-refractivity contribution < 1.29 is 0 Å². The summed E-state index contributed by atoms with van der Waals surface area (Å²) in [7, 11) is 2.15. The SMILES string of the molecule is CN1CCc2ncnc(N3CCc4nccnc4C3)c2C1. The number of rotatable bonds is 1. The normalized spacial score (nSPS) is 18.2. The molecular formula is C15H18N6. The Balaban J connectivity index is 1.69. The molecule has 0 unspecified atom stereocenters. The Hall–Kier alpha value is -2.08. The minimum atomic E-state index is 0.788. The van der Waals surface area contributed by atoms with Gasteiger partial charge in [0.05, 0.1) is 23.6 Å². The second-order valence-electron chi connectivity index (χ2n) is 5.73. The molecule has 6 heteroatoms. The number of hydrogen-bond acceptors (Lipinski definition) is 6. The first-order valence-electron chi connectivity index (χ1n) is 7.36. The molecule has 0 fully saturated rings. The average molecular weight is 282 g/mol. The van der Waals surface area contributed by atoms with Crippen LogP contribution in [-0.4, -0.2) is 45.0 Å². The van der Waals surface area contributed by atoms with Crippen molar-refractivity contribution >= 4 is 5.82 Å². The fourth-order valence-electron chi connectivity index (χ4n) is 3.15. The van der Waals surface area contributed by atoms with Gasteiger partial charge in [0.25, 0.3) is 0 Å². The third-order valence-corrected chi connectivity index (χ3v) is 4.29. The van der Waals surface area contributed by atoms with Gasteiger partial charge >= 0.3 is 0 Å². The van der Waals surface area contributed by atoms with Gasteiger partial charge in [0.15, 0.2) is 0 Å². The van der Waals surface area contributed by atoms with E-state index < -0.39 is 0 Å². The summed E-state index contributed by atoms with van der Waals surface area (Å²) in [5.74, 6) is 1.07. The molecule has 2 aromatic rings. The summed E-state index contributed by atoms with van der Waals surface area (Å²) in [5, 5.41) is 0. The van der Waals surface area contributed by atoms with Crippen molar-refractivity contribution in [2.24, 2.45) is 0 Å². The lowest BCUT2D eigenvalue weighted by molar-refractivity contribution is 0.309. The molecule has 2 aliphatic heterocycles. The highest BCUT2D eigenvalue weighted by Crippen LogP contribution is 2.28. The molecule has 108 valence electrons. The van der Waals surface area contributed by atoms with Gasteiger partial charge in [-0.1, -0.05) is 0 Å². The summed E-state index contributed by atoms with van der Waals surface area (Å²) in [6, 6.07) is 0. The van der Waals surface area contributed by atoms with E-state index in [9.17, 15) is 0 Å². The molecule has 0 aliphatic carbocycles. The maximum Gasteiger partial charge on any atom is 0.137 e. The Morgan fingerprint density at radius 1 is 0.857 bits per heavy atom. The van der Waals surface area contributed by atoms with Crippen molar-refractivity contribution in [3.8, 4) is 0 Å². The van der Waals surface area contributed by atoms with Gasteiger partial charge in [-0.15, -0.1) is 0 Å². The number of hydrogen-bond donors (Lipinski definition) is 0. The van der Waals surface area contributed by atoms with Gasteiger partial charge in [-0.2, -0.15) is 0 Å². The molecule has 0 amide bonds. The molecule has 2 aliphatic rings. The summed E-state index contributed by atoms with van der Waals surface area (Å²) < 4.78 is 0. The first kappa shape index (κ1) is 12.6. The van der Waals surface area contributed by atoms with Gasteiger partial charge in [0.2, 0.25) is 0 Å². The van der Waals surface area contributed by atoms with Crippen molar-refractivity contribution in [3.05, 3.63) is 41.4 Å². The van der Waals surface area contributed by atoms with Crippen molar-refractivity contribution in [3.63, 3.8) is 0 Å². The zero-order chi connectivity index (χ0) is 14.2. The average Bonchev–Trinajstić information content (AvgIpc) is 2.54. The molecule has 2 aromatic heterocycles. The predicted octanol–water partition coefficient (Wildman–Crippen LogP) is 0.817. The molecule has 0 bridgehead atoms. The minimum absolute atomic E-state index is 0.788. The minimum Gasteiger partial charge on any atom is -0.350 e. The second-order valence-corrected chi connectivity index (χ2v) is 5.73. The number of aromatic nitrogens is 4. The third kappa shape index (κ3) is 2.25.